The largest absolute Gasteiger partial charge is 0.394 e. The molecule has 0 radical (unpaired) electrons. The first-order valence-corrected chi connectivity index (χ1v) is 6.99. The lowest BCUT2D eigenvalue weighted by Crippen LogP contribution is -2.40. The van der Waals surface area contributed by atoms with Crippen LogP contribution >= 0.6 is 0 Å². The molecule has 0 saturated carbocycles. The fraction of sp³-hybridized carbons (Fsp3) is 0.533. The Labute approximate surface area is 120 Å². The molecule has 2 amide bonds. The Balaban J connectivity index is 2.08. The third-order valence-corrected chi connectivity index (χ3v) is 3.82. The number of likely N-dealkylation sites (tertiary alicyclic amines) is 1. The molecule has 0 aromatic heterocycles. The van der Waals surface area contributed by atoms with Gasteiger partial charge in [-0.25, -0.2) is 4.79 Å². The molecule has 5 nitrogen and oxygen atoms in total. The summed E-state index contributed by atoms with van der Waals surface area (Å²) in [5, 5.41) is 12.2. The summed E-state index contributed by atoms with van der Waals surface area (Å²) in [6.07, 6.45) is 1.83. The molecule has 1 aromatic rings. The summed E-state index contributed by atoms with van der Waals surface area (Å²) in [6.45, 7) is 2.73. The topological polar surface area (TPSA) is 55.8 Å². The third kappa shape index (κ3) is 3.04. The van der Waals surface area contributed by atoms with Gasteiger partial charge in [-0.2, -0.15) is 0 Å². The molecular formula is C15H23N3O2. The smallest absolute Gasteiger partial charge is 0.322 e. The van der Waals surface area contributed by atoms with Gasteiger partial charge in [0.1, 0.15) is 0 Å². The van der Waals surface area contributed by atoms with Gasteiger partial charge in [-0.15, -0.1) is 0 Å². The summed E-state index contributed by atoms with van der Waals surface area (Å²) in [6, 6.07) is 5.78. The number of amides is 2. The number of anilines is 2. The number of aliphatic hydroxyl groups excluding tert-OH is 1. The number of rotatable bonds is 3. The number of hydrogen-bond donors (Lipinski definition) is 2. The van der Waals surface area contributed by atoms with E-state index in [4.69, 9.17) is 0 Å². The Hall–Kier alpha value is -1.75. The van der Waals surface area contributed by atoms with Crippen LogP contribution in [-0.4, -0.2) is 49.3 Å². The second-order valence-electron chi connectivity index (χ2n) is 5.50. The van der Waals surface area contributed by atoms with E-state index in [9.17, 15) is 9.90 Å². The predicted octanol–water partition coefficient (Wildman–Crippen LogP) is 2.05. The molecule has 1 aliphatic rings. The molecule has 20 heavy (non-hydrogen) atoms. The van der Waals surface area contributed by atoms with Crippen molar-refractivity contribution in [3.63, 3.8) is 0 Å². The number of aryl methyl sites for hydroxylation is 1. The van der Waals surface area contributed by atoms with Gasteiger partial charge in [-0.3, -0.25) is 0 Å². The van der Waals surface area contributed by atoms with Crippen LogP contribution in [0.2, 0.25) is 0 Å². The second kappa shape index (κ2) is 6.13. The maximum absolute atomic E-state index is 12.2. The monoisotopic (exact) mass is 277 g/mol. The molecule has 110 valence electrons. The number of nitrogens with zero attached hydrogens (tertiary/aromatic N) is 2. The van der Waals surface area contributed by atoms with Crippen molar-refractivity contribution < 1.29 is 9.90 Å². The van der Waals surface area contributed by atoms with Crippen LogP contribution in [-0.2, 0) is 0 Å². The minimum Gasteiger partial charge on any atom is -0.394 e. The van der Waals surface area contributed by atoms with Crippen molar-refractivity contribution >= 4 is 17.4 Å². The maximum Gasteiger partial charge on any atom is 0.322 e. The molecule has 1 atom stereocenters. The number of benzene rings is 1. The molecule has 1 saturated heterocycles. The van der Waals surface area contributed by atoms with Gasteiger partial charge in [0.05, 0.1) is 12.6 Å². The highest BCUT2D eigenvalue weighted by atomic mass is 16.3. The Morgan fingerprint density at radius 3 is 2.85 bits per heavy atom. The van der Waals surface area contributed by atoms with E-state index in [1.807, 2.05) is 44.1 Å². The van der Waals surface area contributed by atoms with Crippen molar-refractivity contribution in [1.82, 2.24) is 4.90 Å². The molecule has 1 aromatic carbocycles. The van der Waals surface area contributed by atoms with Crippen molar-refractivity contribution in [1.29, 1.82) is 0 Å². The van der Waals surface area contributed by atoms with Gasteiger partial charge in [0, 0.05) is 32.0 Å². The Morgan fingerprint density at radius 2 is 2.25 bits per heavy atom. The Kier molecular flexibility index (Phi) is 4.49. The number of carbonyl (C=O) groups is 1. The van der Waals surface area contributed by atoms with Crippen LogP contribution in [0.1, 0.15) is 18.4 Å². The van der Waals surface area contributed by atoms with Crippen molar-refractivity contribution in [2.45, 2.75) is 25.8 Å². The normalized spacial score (nSPS) is 18.2. The van der Waals surface area contributed by atoms with E-state index in [2.05, 4.69) is 5.32 Å². The van der Waals surface area contributed by atoms with Gasteiger partial charge >= 0.3 is 6.03 Å². The zero-order chi connectivity index (χ0) is 14.7. The number of aliphatic hydroxyl groups is 1. The quantitative estimate of drug-likeness (QED) is 0.889. The fourth-order valence-electron chi connectivity index (χ4n) is 2.55. The number of carbonyl (C=O) groups excluding carboxylic acids is 1. The molecule has 0 spiro atoms. The highest BCUT2D eigenvalue weighted by molar-refractivity contribution is 5.90. The number of urea groups is 1. The van der Waals surface area contributed by atoms with E-state index < -0.39 is 0 Å². The molecule has 2 N–H and O–H groups in total. The summed E-state index contributed by atoms with van der Waals surface area (Å²) in [7, 11) is 3.98. The van der Waals surface area contributed by atoms with Crippen LogP contribution in [0.15, 0.2) is 18.2 Å². The summed E-state index contributed by atoms with van der Waals surface area (Å²) < 4.78 is 0. The zero-order valence-corrected chi connectivity index (χ0v) is 12.4. The number of hydrogen-bond acceptors (Lipinski definition) is 3. The molecule has 1 fully saturated rings. The van der Waals surface area contributed by atoms with Crippen LogP contribution in [0.25, 0.3) is 0 Å². The molecule has 1 heterocycles. The summed E-state index contributed by atoms with van der Waals surface area (Å²) in [4.78, 5) is 16.0. The predicted molar refractivity (Wildman–Crippen MR) is 81.3 cm³/mol. The van der Waals surface area contributed by atoms with Crippen molar-refractivity contribution in [3.05, 3.63) is 23.8 Å². The van der Waals surface area contributed by atoms with Gasteiger partial charge in [0.2, 0.25) is 0 Å². The van der Waals surface area contributed by atoms with Gasteiger partial charge in [0.25, 0.3) is 0 Å². The molecule has 2 rings (SSSR count). The van der Waals surface area contributed by atoms with Gasteiger partial charge in [0.15, 0.2) is 0 Å². The van der Waals surface area contributed by atoms with Crippen LogP contribution in [0.3, 0.4) is 0 Å². The fourth-order valence-corrected chi connectivity index (χ4v) is 2.55. The number of nitrogens with one attached hydrogen (secondary N) is 1. The second-order valence-corrected chi connectivity index (χ2v) is 5.50. The third-order valence-electron chi connectivity index (χ3n) is 3.82. The highest BCUT2D eigenvalue weighted by Crippen LogP contribution is 2.23. The molecule has 1 aliphatic heterocycles. The lowest BCUT2D eigenvalue weighted by molar-refractivity contribution is 0.166. The van der Waals surface area contributed by atoms with Crippen molar-refractivity contribution in [2.24, 2.45) is 0 Å². The lowest BCUT2D eigenvalue weighted by atomic mass is 10.1. The van der Waals surface area contributed by atoms with Gasteiger partial charge < -0.3 is 20.2 Å². The molecule has 5 heteroatoms. The SMILES string of the molecule is Cc1cc(N(C)C)ccc1NC(=O)N1CCC[C@H]1CO. The van der Waals surface area contributed by atoms with E-state index in [0.29, 0.717) is 6.54 Å². The van der Waals surface area contributed by atoms with Crippen LogP contribution in [0.4, 0.5) is 16.2 Å². The summed E-state index contributed by atoms with van der Waals surface area (Å²) in [5.41, 5.74) is 2.96. The highest BCUT2D eigenvalue weighted by Gasteiger charge is 2.28. The Bertz CT molecular complexity index is 488. The maximum atomic E-state index is 12.2. The van der Waals surface area contributed by atoms with Crippen LogP contribution in [0.5, 0.6) is 0 Å². The average Bonchev–Trinajstić information content (AvgIpc) is 2.89. The molecule has 0 aliphatic carbocycles. The van der Waals surface area contributed by atoms with Gasteiger partial charge in [-0.05, 0) is 43.5 Å². The summed E-state index contributed by atoms with van der Waals surface area (Å²) in [5.74, 6) is 0. The standard InChI is InChI=1S/C15H23N3O2/c1-11-9-12(17(2)3)6-7-14(11)16-15(20)18-8-4-5-13(18)10-19/h6-7,9,13,19H,4-5,8,10H2,1-3H3,(H,16,20)/t13-/m0/s1. The molecule has 0 unspecified atom stereocenters. The Morgan fingerprint density at radius 1 is 1.50 bits per heavy atom. The molecular weight excluding hydrogens is 254 g/mol. The first-order valence-electron chi connectivity index (χ1n) is 6.99. The summed E-state index contributed by atoms with van der Waals surface area (Å²) >= 11 is 0. The average molecular weight is 277 g/mol. The van der Waals surface area contributed by atoms with Crippen LogP contribution < -0.4 is 10.2 Å². The van der Waals surface area contributed by atoms with E-state index in [-0.39, 0.29) is 18.7 Å². The minimum absolute atomic E-state index is 0.0337. The van der Waals surface area contributed by atoms with Crippen molar-refractivity contribution in [3.8, 4) is 0 Å². The lowest BCUT2D eigenvalue weighted by Gasteiger charge is -2.24. The van der Waals surface area contributed by atoms with Crippen LogP contribution in [0, 0.1) is 6.92 Å². The minimum atomic E-state index is -0.123. The van der Waals surface area contributed by atoms with E-state index in [1.54, 1.807) is 4.90 Å². The zero-order valence-electron chi connectivity index (χ0n) is 12.4. The first kappa shape index (κ1) is 14.7. The van der Waals surface area contributed by atoms with Gasteiger partial charge in [-0.1, -0.05) is 0 Å². The van der Waals surface area contributed by atoms with Crippen molar-refractivity contribution in [2.75, 3.05) is 37.5 Å². The first-order chi connectivity index (χ1) is 9.52. The molecule has 0 bridgehead atoms. The van der Waals surface area contributed by atoms with E-state index in [1.165, 1.54) is 0 Å². The van der Waals surface area contributed by atoms with E-state index >= 15 is 0 Å². The van der Waals surface area contributed by atoms with E-state index in [0.717, 1.165) is 29.8 Å².